The molecular weight excluding hydrogens is 280 g/mol. The minimum absolute atomic E-state index is 0.256. The maximum absolute atomic E-state index is 5.40. The molecule has 22 heavy (non-hydrogen) atoms. The third kappa shape index (κ3) is 3.11. The van der Waals surface area contributed by atoms with Crippen LogP contribution in [0.4, 0.5) is 5.82 Å². The van der Waals surface area contributed by atoms with Crippen molar-refractivity contribution < 1.29 is 9.26 Å². The predicted molar refractivity (Wildman–Crippen MR) is 83.9 cm³/mol. The number of piperidine rings is 1. The van der Waals surface area contributed by atoms with Crippen LogP contribution in [0.1, 0.15) is 38.4 Å². The first kappa shape index (κ1) is 15.0. The van der Waals surface area contributed by atoms with Gasteiger partial charge in [0.25, 0.3) is 5.89 Å². The Morgan fingerprint density at radius 3 is 2.59 bits per heavy atom. The number of aromatic nitrogens is 3. The Morgan fingerprint density at radius 1 is 1.27 bits per heavy atom. The molecule has 0 unspecified atom stereocenters. The molecule has 0 aromatic carbocycles. The lowest BCUT2D eigenvalue weighted by Crippen LogP contribution is -2.37. The second kappa shape index (κ2) is 6.44. The van der Waals surface area contributed by atoms with E-state index in [4.69, 9.17) is 9.26 Å². The molecule has 2 aromatic rings. The van der Waals surface area contributed by atoms with Crippen LogP contribution in [-0.2, 0) is 4.74 Å². The van der Waals surface area contributed by atoms with E-state index in [9.17, 15) is 0 Å². The van der Waals surface area contributed by atoms with E-state index in [1.54, 1.807) is 13.3 Å². The summed E-state index contributed by atoms with van der Waals surface area (Å²) in [6, 6.07) is 4.00. The van der Waals surface area contributed by atoms with Gasteiger partial charge in [0, 0.05) is 32.3 Å². The van der Waals surface area contributed by atoms with Crippen LogP contribution in [0.25, 0.3) is 11.5 Å². The number of pyridine rings is 1. The Balaban J connectivity index is 1.70. The summed E-state index contributed by atoms with van der Waals surface area (Å²) in [7, 11) is 1.78. The first-order valence-corrected chi connectivity index (χ1v) is 7.75. The summed E-state index contributed by atoms with van der Waals surface area (Å²) >= 11 is 0. The smallest absolute Gasteiger partial charge is 0.259 e. The molecule has 0 saturated carbocycles. The number of ether oxygens (including phenoxy) is 1. The largest absolute Gasteiger partial charge is 0.381 e. The molecule has 1 fully saturated rings. The lowest BCUT2D eigenvalue weighted by Gasteiger charge is -2.32. The van der Waals surface area contributed by atoms with E-state index < -0.39 is 0 Å². The summed E-state index contributed by atoms with van der Waals surface area (Å²) in [5, 5.41) is 3.98. The van der Waals surface area contributed by atoms with Gasteiger partial charge in [-0.25, -0.2) is 4.98 Å². The van der Waals surface area contributed by atoms with Gasteiger partial charge in [0.2, 0.25) is 0 Å². The number of hydrogen-bond acceptors (Lipinski definition) is 6. The lowest BCUT2D eigenvalue weighted by molar-refractivity contribution is 0.0818. The maximum atomic E-state index is 5.40. The first-order chi connectivity index (χ1) is 10.7. The van der Waals surface area contributed by atoms with E-state index in [0.717, 1.165) is 43.1 Å². The fourth-order valence-corrected chi connectivity index (χ4v) is 2.61. The zero-order valence-corrected chi connectivity index (χ0v) is 13.3. The van der Waals surface area contributed by atoms with E-state index in [-0.39, 0.29) is 5.92 Å². The first-order valence-electron chi connectivity index (χ1n) is 7.75. The molecule has 1 aliphatic rings. The summed E-state index contributed by atoms with van der Waals surface area (Å²) in [6.45, 7) is 6.03. The molecule has 6 heteroatoms. The highest BCUT2D eigenvalue weighted by Crippen LogP contribution is 2.23. The molecule has 1 saturated heterocycles. The Morgan fingerprint density at radius 2 is 2.05 bits per heavy atom. The summed E-state index contributed by atoms with van der Waals surface area (Å²) in [5.74, 6) is 2.50. The summed E-state index contributed by atoms with van der Waals surface area (Å²) in [4.78, 5) is 11.2. The Labute approximate surface area is 130 Å². The van der Waals surface area contributed by atoms with Crippen molar-refractivity contribution in [3.63, 3.8) is 0 Å². The van der Waals surface area contributed by atoms with Crippen molar-refractivity contribution in [3.05, 3.63) is 24.2 Å². The molecule has 0 aliphatic carbocycles. The van der Waals surface area contributed by atoms with Gasteiger partial charge < -0.3 is 14.2 Å². The topological polar surface area (TPSA) is 64.3 Å². The van der Waals surface area contributed by atoms with Crippen molar-refractivity contribution in [3.8, 4) is 11.5 Å². The highest BCUT2D eigenvalue weighted by atomic mass is 16.5. The van der Waals surface area contributed by atoms with Crippen LogP contribution >= 0.6 is 0 Å². The highest BCUT2D eigenvalue weighted by molar-refractivity contribution is 5.54. The molecule has 3 heterocycles. The van der Waals surface area contributed by atoms with E-state index >= 15 is 0 Å². The van der Waals surface area contributed by atoms with Crippen molar-refractivity contribution in [2.75, 3.05) is 25.1 Å². The van der Waals surface area contributed by atoms with Gasteiger partial charge in [-0.1, -0.05) is 19.0 Å². The van der Waals surface area contributed by atoms with Crippen LogP contribution < -0.4 is 4.90 Å². The van der Waals surface area contributed by atoms with E-state index in [1.807, 2.05) is 26.0 Å². The molecule has 0 radical (unpaired) electrons. The van der Waals surface area contributed by atoms with Gasteiger partial charge in [-0.3, -0.25) is 0 Å². The Bertz CT molecular complexity index is 601. The SMILES string of the molecule is COC1CCN(c2ccc(-c3nc(C(C)C)no3)cn2)CC1. The minimum Gasteiger partial charge on any atom is -0.381 e. The Hall–Kier alpha value is -1.95. The van der Waals surface area contributed by atoms with Crippen molar-refractivity contribution in [2.45, 2.75) is 38.7 Å². The minimum atomic E-state index is 0.256. The van der Waals surface area contributed by atoms with Crippen LogP contribution in [0.3, 0.4) is 0 Å². The Kier molecular flexibility index (Phi) is 4.38. The summed E-state index contributed by atoms with van der Waals surface area (Å²) < 4.78 is 10.7. The molecule has 1 aliphatic heterocycles. The molecule has 0 amide bonds. The van der Waals surface area contributed by atoms with E-state index in [2.05, 4.69) is 20.0 Å². The van der Waals surface area contributed by atoms with Gasteiger partial charge in [-0.05, 0) is 25.0 Å². The maximum Gasteiger partial charge on any atom is 0.259 e. The van der Waals surface area contributed by atoms with E-state index in [0.29, 0.717) is 12.0 Å². The van der Waals surface area contributed by atoms with Gasteiger partial charge in [0.1, 0.15) is 5.82 Å². The number of hydrogen-bond donors (Lipinski definition) is 0. The molecule has 0 N–H and O–H groups in total. The third-order valence-corrected chi connectivity index (χ3v) is 4.05. The number of nitrogens with zero attached hydrogens (tertiary/aromatic N) is 4. The molecule has 0 bridgehead atoms. The monoisotopic (exact) mass is 302 g/mol. The molecule has 3 rings (SSSR count). The third-order valence-electron chi connectivity index (χ3n) is 4.05. The van der Waals surface area contributed by atoms with Gasteiger partial charge >= 0.3 is 0 Å². The lowest BCUT2D eigenvalue weighted by atomic mass is 10.1. The molecule has 118 valence electrons. The molecule has 0 spiro atoms. The average Bonchev–Trinajstić information content (AvgIpc) is 3.05. The van der Waals surface area contributed by atoms with Crippen LogP contribution in [0, 0.1) is 0 Å². The summed E-state index contributed by atoms with van der Waals surface area (Å²) in [5.41, 5.74) is 0.856. The normalized spacial score (nSPS) is 16.5. The van der Waals surface area contributed by atoms with Crippen molar-refractivity contribution >= 4 is 5.82 Å². The number of anilines is 1. The number of rotatable bonds is 4. The summed E-state index contributed by atoms with van der Waals surface area (Å²) in [6.07, 6.45) is 4.27. The van der Waals surface area contributed by atoms with Crippen molar-refractivity contribution in [2.24, 2.45) is 0 Å². The van der Waals surface area contributed by atoms with Crippen LogP contribution in [0.5, 0.6) is 0 Å². The number of methoxy groups -OCH3 is 1. The quantitative estimate of drug-likeness (QED) is 0.865. The second-order valence-electron chi connectivity index (χ2n) is 5.94. The van der Waals surface area contributed by atoms with Crippen molar-refractivity contribution in [1.82, 2.24) is 15.1 Å². The predicted octanol–water partition coefficient (Wildman–Crippen LogP) is 2.87. The highest BCUT2D eigenvalue weighted by Gasteiger charge is 2.20. The molecule has 0 atom stereocenters. The van der Waals surface area contributed by atoms with Crippen LogP contribution in [0.15, 0.2) is 22.9 Å². The standard InChI is InChI=1S/C16H22N4O2/c1-11(2)15-18-16(22-19-15)12-4-5-14(17-10-12)20-8-6-13(21-3)7-9-20/h4-5,10-11,13H,6-9H2,1-3H3. The zero-order chi connectivity index (χ0) is 15.5. The van der Waals surface area contributed by atoms with Gasteiger partial charge in [0.05, 0.1) is 11.7 Å². The molecular formula is C16H22N4O2. The van der Waals surface area contributed by atoms with E-state index in [1.165, 1.54) is 0 Å². The second-order valence-corrected chi connectivity index (χ2v) is 5.94. The zero-order valence-electron chi connectivity index (χ0n) is 13.3. The van der Waals surface area contributed by atoms with Gasteiger partial charge in [-0.2, -0.15) is 4.98 Å². The van der Waals surface area contributed by atoms with Crippen LogP contribution in [0.2, 0.25) is 0 Å². The fraction of sp³-hybridized carbons (Fsp3) is 0.562. The average molecular weight is 302 g/mol. The fourth-order valence-electron chi connectivity index (χ4n) is 2.61. The van der Waals surface area contributed by atoms with Gasteiger partial charge in [0.15, 0.2) is 5.82 Å². The van der Waals surface area contributed by atoms with Gasteiger partial charge in [-0.15, -0.1) is 0 Å². The van der Waals surface area contributed by atoms with Crippen molar-refractivity contribution in [1.29, 1.82) is 0 Å². The van der Waals surface area contributed by atoms with Crippen LogP contribution in [-0.4, -0.2) is 41.4 Å². The molecule has 2 aromatic heterocycles. The molecule has 6 nitrogen and oxygen atoms in total.